The molecule has 2 saturated heterocycles. The lowest BCUT2D eigenvalue weighted by Crippen LogP contribution is -2.53. The average molecular weight is 261 g/mol. The molecule has 5 heteroatoms. The van der Waals surface area contributed by atoms with Gasteiger partial charge >= 0.3 is 0 Å². The van der Waals surface area contributed by atoms with E-state index in [4.69, 9.17) is 4.74 Å². The summed E-state index contributed by atoms with van der Waals surface area (Å²) in [6.07, 6.45) is 2.51. The highest BCUT2D eigenvalue weighted by molar-refractivity contribution is 7.91. The van der Waals surface area contributed by atoms with Crippen molar-refractivity contribution in [3.63, 3.8) is 0 Å². The fourth-order valence-electron chi connectivity index (χ4n) is 2.65. The topological polar surface area (TPSA) is 55.4 Å². The maximum absolute atomic E-state index is 11.4. The van der Waals surface area contributed by atoms with Crippen LogP contribution in [0.15, 0.2) is 0 Å². The molecule has 100 valence electrons. The Hall–Kier alpha value is -0.130. The molecule has 2 aliphatic rings. The minimum atomic E-state index is -2.75. The molecule has 17 heavy (non-hydrogen) atoms. The third-order valence-corrected chi connectivity index (χ3v) is 5.58. The fraction of sp³-hybridized carbons (Fsp3) is 1.00. The molecule has 0 aromatic rings. The summed E-state index contributed by atoms with van der Waals surface area (Å²) in [6, 6.07) is 0. The lowest BCUT2D eigenvalue weighted by molar-refractivity contribution is -0.113. The molecule has 4 nitrogen and oxygen atoms in total. The van der Waals surface area contributed by atoms with Gasteiger partial charge in [0.1, 0.15) is 15.6 Å². The molecule has 0 aromatic heterocycles. The molecule has 0 aliphatic carbocycles. The standard InChI is InChI=1S/C12H23NO3S/c1-10-8-13-12(2,16-9-10)7-11-3-5-17(14,15)6-4-11/h10-11,13H,3-9H2,1-2H3. The number of hydrogen-bond donors (Lipinski definition) is 1. The van der Waals surface area contributed by atoms with E-state index in [1.807, 2.05) is 0 Å². The van der Waals surface area contributed by atoms with Crippen molar-refractivity contribution in [2.24, 2.45) is 11.8 Å². The Balaban J connectivity index is 1.85. The Kier molecular flexibility index (Phi) is 3.80. The second-order valence-electron chi connectivity index (χ2n) is 5.83. The van der Waals surface area contributed by atoms with Gasteiger partial charge in [-0.15, -0.1) is 0 Å². The fourth-order valence-corrected chi connectivity index (χ4v) is 4.24. The van der Waals surface area contributed by atoms with E-state index in [9.17, 15) is 8.42 Å². The highest BCUT2D eigenvalue weighted by atomic mass is 32.2. The first-order valence-corrected chi connectivity index (χ1v) is 8.30. The van der Waals surface area contributed by atoms with Crippen molar-refractivity contribution in [2.75, 3.05) is 24.7 Å². The average Bonchev–Trinajstić information content (AvgIpc) is 2.26. The molecule has 2 aliphatic heterocycles. The van der Waals surface area contributed by atoms with Gasteiger partial charge in [0.15, 0.2) is 0 Å². The Morgan fingerprint density at radius 2 is 2.00 bits per heavy atom. The van der Waals surface area contributed by atoms with E-state index < -0.39 is 9.84 Å². The van der Waals surface area contributed by atoms with E-state index in [0.29, 0.717) is 23.3 Å². The summed E-state index contributed by atoms with van der Waals surface area (Å²) in [6.45, 7) is 6.04. The zero-order chi connectivity index (χ0) is 12.5. The molecule has 2 fully saturated rings. The molecule has 0 spiro atoms. The van der Waals surface area contributed by atoms with Crippen molar-refractivity contribution in [1.82, 2.24) is 5.32 Å². The van der Waals surface area contributed by atoms with Crippen LogP contribution in [0.3, 0.4) is 0 Å². The molecule has 2 rings (SSSR count). The summed E-state index contributed by atoms with van der Waals surface area (Å²) in [5, 5.41) is 3.44. The smallest absolute Gasteiger partial charge is 0.150 e. The maximum atomic E-state index is 11.4. The molecular formula is C12H23NO3S. The maximum Gasteiger partial charge on any atom is 0.150 e. The Morgan fingerprint density at radius 3 is 2.53 bits per heavy atom. The van der Waals surface area contributed by atoms with Crippen molar-refractivity contribution in [3.05, 3.63) is 0 Å². The van der Waals surface area contributed by atoms with Gasteiger partial charge in [0, 0.05) is 6.54 Å². The summed E-state index contributed by atoms with van der Waals surface area (Å²) in [5.41, 5.74) is -0.252. The first-order valence-electron chi connectivity index (χ1n) is 6.48. The van der Waals surface area contributed by atoms with E-state index in [-0.39, 0.29) is 5.72 Å². The zero-order valence-corrected chi connectivity index (χ0v) is 11.6. The van der Waals surface area contributed by atoms with Gasteiger partial charge in [-0.2, -0.15) is 0 Å². The van der Waals surface area contributed by atoms with Gasteiger partial charge < -0.3 is 4.74 Å². The summed E-state index contributed by atoms with van der Waals surface area (Å²) in [7, 11) is -2.75. The molecule has 0 bridgehead atoms. The van der Waals surface area contributed by atoms with Gasteiger partial charge in [0.05, 0.1) is 18.1 Å². The SMILES string of the molecule is CC1CNC(C)(CC2CCS(=O)(=O)CC2)OC1. The molecule has 2 unspecified atom stereocenters. The quantitative estimate of drug-likeness (QED) is 0.811. The van der Waals surface area contributed by atoms with Crippen LogP contribution < -0.4 is 5.32 Å². The minimum absolute atomic E-state index is 0.252. The predicted molar refractivity (Wildman–Crippen MR) is 67.5 cm³/mol. The minimum Gasteiger partial charge on any atom is -0.361 e. The van der Waals surface area contributed by atoms with E-state index in [1.54, 1.807) is 0 Å². The summed E-state index contributed by atoms with van der Waals surface area (Å²) < 4.78 is 28.6. The third kappa shape index (κ3) is 3.66. The predicted octanol–water partition coefficient (Wildman–Crippen LogP) is 1.17. The highest BCUT2D eigenvalue weighted by Gasteiger charge is 2.34. The van der Waals surface area contributed by atoms with Gasteiger partial charge in [-0.05, 0) is 38.0 Å². The Labute approximate surface area is 104 Å². The molecule has 1 N–H and O–H groups in total. The summed E-state index contributed by atoms with van der Waals surface area (Å²) in [4.78, 5) is 0. The van der Waals surface area contributed by atoms with E-state index >= 15 is 0 Å². The van der Waals surface area contributed by atoms with Crippen molar-refractivity contribution >= 4 is 9.84 Å². The van der Waals surface area contributed by atoms with Gasteiger partial charge in [0.25, 0.3) is 0 Å². The van der Waals surface area contributed by atoms with Crippen LogP contribution in [-0.4, -0.2) is 38.8 Å². The highest BCUT2D eigenvalue weighted by Crippen LogP contribution is 2.29. The van der Waals surface area contributed by atoms with Crippen LogP contribution in [0.2, 0.25) is 0 Å². The first-order chi connectivity index (χ1) is 7.89. The second kappa shape index (κ2) is 4.86. The zero-order valence-electron chi connectivity index (χ0n) is 10.7. The number of sulfone groups is 1. The van der Waals surface area contributed by atoms with E-state index in [0.717, 1.165) is 32.4 Å². The van der Waals surface area contributed by atoms with Crippen LogP contribution in [0.5, 0.6) is 0 Å². The first kappa shape index (κ1) is 13.3. The van der Waals surface area contributed by atoms with E-state index in [2.05, 4.69) is 19.2 Å². The lowest BCUT2D eigenvalue weighted by Gasteiger charge is -2.40. The number of hydrogen-bond acceptors (Lipinski definition) is 4. The normalized spacial score (nSPS) is 39.1. The molecular weight excluding hydrogens is 238 g/mol. The van der Waals surface area contributed by atoms with Crippen molar-refractivity contribution < 1.29 is 13.2 Å². The number of rotatable bonds is 2. The molecule has 0 radical (unpaired) electrons. The third-order valence-electron chi connectivity index (χ3n) is 3.86. The van der Waals surface area contributed by atoms with Gasteiger partial charge in [-0.25, -0.2) is 8.42 Å². The summed E-state index contributed by atoms with van der Waals surface area (Å²) in [5.74, 6) is 1.74. The van der Waals surface area contributed by atoms with Crippen LogP contribution in [0.25, 0.3) is 0 Å². The second-order valence-corrected chi connectivity index (χ2v) is 8.13. The Morgan fingerprint density at radius 1 is 1.35 bits per heavy atom. The molecule has 2 atom stereocenters. The van der Waals surface area contributed by atoms with Crippen LogP contribution in [0.1, 0.15) is 33.1 Å². The van der Waals surface area contributed by atoms with Crippen LogP contribution >= 0.6 is 0 Å². The molecule has 0 aromatic carbocycles. The monoisotopic (exact) mass is 261 g/mol. The molecule has 0 amide bonds. The van der Waals surface area contributed by atoms with Crippen LogP contribution in [0.4, 0.5) is 0 Å². The van der Waals surface area contributed by atoms with Crippen molar-refractivity contribution in [1.29, 1.82) is 0 Å². The van der Waals surface area contributed by atoms with Gasteiger partial charge in [0.2, 0.25) is 0 Å². The van der Waals surface area contributed by atoms with Gasteiger partial charge in [-0.3, -0.25) is 5.32 Å². The largest absolute Gasteiger partial charge is 0.361 e. The Bertz CT molecular complexity index is 344. The van der Waals surface area contributed by atoms with E-state index in [1.165, 1.54) is 0 Å². The van der Waals surface area contributed by atoms with Crippen LogP contribution in [0, 0.1) is 11.8 Å². The number of ether oxygens (including phenoxy) is 1. The van der Waals surface area contributed by atoms with Crippen LogP contribution in [-0.2, 0) is 14.6 Å². The van der Waals surface area contributed by atoms with Crippen molar-refractivity contribution in [2.45, 2.75) is 38.8 Å². The molecule has 0 saturated carbocycles. The van der Waals surface area contributed by atoms with Gasteiger partial charge in [-0.1, -0.05) is 6.92 Å². The lowest BCUT2D eigenvalue weighted by atomic mass is 9.91. The molecule has 2 heterocycles. The van der Waals surface area contributed by atoms with Crippen molar-refractivity contribution in [3.8, 4) is 0 Å². The number of nitrogens with one attached hydrogen (secondary N) is 1. The summed E-state index contributed by atoms with van der Waals surface area (Å²) >= 11 is 0.